The second-order valence-electron chi connectivity index (χ2n) is 8.29. The minimum atomic E-state index is -3.29. The van der Waals surface area contributed by atoms with Crippen molar-refractivity contribution in [1.82, 2.24) is 9.78 Å². The molecule has 0 saturated carbocycles. The van der Waals surface area contributed by atoms with E-state index < -0.39 is 15.8 Å². The Bertz CT molecular complexity index is 1330. The fourth-order valence-electron chi connectivity index (χ4n) is 4.28. The fourth-order valence-corrected chi connectivity index (χ4v) is 5.77. The van der Waals surface area contributed by atoms with E-state index in [1.807, 2.05) is 61.5 Å². The van der Waals surface area contributed by atoms with E-state index in [1.54, 1.807) is 9.58 Å². The minimum absolute atomic E-state index is 0.0970. The molecule has 8 nitrogen and oxygen atoms in total. The van der Waals surface area contributed by atoms with E-state index in [0.717, 1.165) is 16.9 Å². The van der Waals surface area contributed by atoms with Crippen molar-refractivity contribution in [2.24, 2.45) is 5.92 Å². The largest absolute Gasteiger partial charge is 0.312 e. The highest BCUT2D eigenvalue weighted by atomic mass is 32.2. The lowest BCUT2D eigenvalue weighted by atomic mass is 10.1. The van der Waals surface area contributed by atoms with Gasteiger partial charge in [0.1, 0.15) is 5.82 Å². The van der Waals surface area contributed by atoms with Gasteiger partial charge in [0.25, 0.3) is 0 Å². The van der Waals surface area contributed by atoms with E-state index in [1.165, 1.54) is 0 Å². The molecular formula is C23H22N4O4S. The first-order valence-electron chi connectivity index (χ1n) is 10.4. The van der Waals surface area contributed by atoms with Crippen LogP contribution in [0.5, 0.6) is 0 Å². The Hall–Kier alpha value is -3.46. The van der Waals surface area contributed by atoms with Gasteiger partial charge in [-0.1, -0.05) is 30.3 Å². The number of amides is 2. The number of sulfone groups is 1. The Labute approximate surface area is 185 Å². The molecule has 0 unspecified atom stereocenters. The number of nitrogens with one attached hydrogen (secondary N) is 1. The molecule has 0 aliphatic carbocycles. The molecule has 2 aromatic carbocycles. The van der Waals surface area contributed by atoms with E-state index in [4.69, 9.17) is 0 Å². The van der Waals surface area contributed by atoms with Gasteiger partial charge in [-0.15, -0.1) is 0 Å². The normalized spacial score (nSPS) is 19.2. The number of benzene rings is 2. The van der Waals surface area contributed by atoms with Crippen molar-refractivity contribution >= 4 is 33.2 Å². The molecule has 2 aliphatic rings. The fraction of sp³-hybridized carbons (Fsp3) is 0.261. The van der Waals surface area contributed by atoms with Gasteiger partial charge < -0.3 is 10.2 Å². The Morgan fingerprint density at radius 2 is 1.81 bits per heavy atom. The first kappa shape index (κ1) is 20.4. The van der Waals surface area contributed by atoms with Crippen LogP contribution in [0.1, 0.15) is 23.2 Å². The smallest absolute Gasteiger partial charge is 0.230 e. The maximum atomic E-state index is 13.2. The summed E-state index contributed by atoms with van der Waals surface area (Å²) in [5.74, 6) is -0.925. The lowest BCUT2D eigenvalue weighted by Crippen LogP contribution is -2.29. The number of hydrogen-bond acceptors (Lipinski definition) is 5. The number of carbonyl (C=O) groups is 2. The number of rotatable bonds is 4. The third-order valence-corrected chi connectivity index (χ3v) is 7.28. The van der Waals surface area contributed by atoms with Crippen LogP contribution in [0.2, 0.25) is 0 Å². The maximum absolute atomic E-state index is 13.2. The van der Waals surface area contributed by atoms with Gasteiger partial charge in [0.15, 0.2) is 9.84 Å². The average molecular weight is 451 g/mol. The number of fused-ring (bicyclic) bond motifs is 1. The van der Waals surface area contributed by atoms with Crippen LogP contribution in [0.3, 0.4) is 0 Å². The Balaban J connectivity index is 1.45. The van der Waals surface area contributed by atoms with Crippen LogP contribution in [-0.2, 0) is 30.9 Å². The van der Waals surface area contributed by atoms with Crippen molar-refractivity contribution < 1.29 is 18.0 Å². The van der Waals surface area contributed by atoms with E-state index in [9.17, 15) is 18.0 Å². The van der Waals surface area contributed by atoms with E-state index in [0.29, 0.717) is 17.1 Å². The van der Waals surface area contributed by atoms with Crippen LogP contribution in [0, 0.1) is 12.8 Å². The quantitative estimate of drug-likeness (QED) is 0.658. The van der Waals surface area contributed by atoms with Gasteiger partial charge in [-0.3, -0.25) is 9.59 Å². The summed E-state index contributed by atoms with van der Waals surface area (Å²) in [6.45, 7) is 2.22. The molecule has 0 radical (unpaired) electrons. The zero-order valence-corrected chi connectivity index (χ0v) is 18.3. The second kappa shape index (κ2) is 7.59. The molecule has 1 fully saturated rings. The number of carbonyl (C=O) groups excluding carboxylic acids is 2. The summed E-state index contributed by atoms with van der Waals surface area (Å²) in [5.41, 5.74) is 3.48. The number of para-hydroxylation sites is 1. The highest BCUT2D eigenvalue weighted by molar-refractivity contribution is 7.90. The van der Waals surface area contributed by atoms with E-state index in [2.05, 4.69) is 10.4 Å². The number of nitrogens with zero attached hydrogens (tertiary/aromatic N) is 3. The van der Waals surface area contributed by atoms with Crippen molar-refractivity contribution in [3.8, 4) is 5.69 Å². The summed E-state index contributed by atoms with van der Waals surface area (Å²) in [5, 5.41) is 7.40. The SMILES string of the molecule is Cc1cccc(-n2nc3c(c2NC(=O)[C@H]2CC(=O)N(c4ccccc4)C2)CS(=O)(=O)C3)c1. The molecule has 3 aromatic rings. The summed E-state index contributed by atoms with van der Waals surface area (Å²) in [6, 6.07) is 16.8. The summed E-state index contributed by atoms with van der Waals surface area (Å²) in [7, 11) is -3.29. The van der Waals surface area contributed by atoms with Crippen molar-refractivity contribution in [3.05, 3.63) is 71.4 Å². The minimum Gasteiger partial charge on any atom is -0.312 e. The summed E-state index contributed by atoms with van der Waals surface area (Å²) in [4.78, 5) is 27.3. The first-order valence-corrected chi connectivity index (χ1v) is 12.2. The van der Waals surface area contributed by atoms with Gasteiger partial charge in [0, 0.05) is 24.2 Å². The number of aryl methyl sites for hydroxylation is 1. The van der Waals surface area contributed by atoms with Gasteiger partial charge >= 0.3 is 0 Å². The van der Waals surface area contributed by atoms with Crippen molar-refractivity contribution in [2.45, 2.75) is 24.9 Å². The summed E-state index contributed by atoms with van der Waals surface area (Å²) in [6.07, 6.45) is 0.0970. The Morgan fingerprint density at radius 1 is 1.06 bits per heavy atom. The van der Waals surface area contributed by atoms with Gasteiger partial charge in [0.2, 0.25) is 11.8 Å². The molecule has 164 valence electrons. The maximum Gasteiger partial charge on any atom is 0.230 e. The van der Waals surface area contributed by atoms with Crippen LogP contribution < -0.4 is 10.2 Å². The monoisotopic (exact) mass is 450 g/mol. The zero-order valence-electron chi connectivity index (χ0n) is 17.5. The highest BCUT2D eigenvalue weighted by Crippen LogP contribution is 2.34. The van der Waals surface area contributed by atoms with Crippen LogP contribution in [0.15, 0.2) is 54.6 Å². The molecular weight excluding hydrogens is 428 g/mol. The molecule has 1 atom stereocenters. The van der Waals surface area contributed by atoms with E-state index >= 15 is 0 Å². The topological polar surface area (TPSA) is 101 Å². The lowest BCUT2D eigenvalue weighted by molar-refractivity contribution is -0.122. The molecule has 2 aliphatic heterocycles. The standard InChI is InChI=1S/C23H22N4O4S/c1-15-6-5-9-18(10-15)27-22(19-13-32(30,31)14-20(19)25-27)24-23(29)16-11-21(28)26(12-16)17-7-3-2-4-8-17/h2-10,16H,11-14H2,1H3,(H,24,29)/t16-/m0/s1. The number of aromatic nitrogens is 2. The molecule has 1 N–H and O–H groups in total. The molecule has 0 bridgehead atoms. The van der Waals surface area contributed by atoms with Crippen LogP contribution >= 0.6 is 0 Å². The average Bonchev–Trinajstić information content (AvgIpc) is 3.39. The molecule has 9 heteroatoms. The van der Waals surface area contributed by atoms with Crippen molar-refractivity contribution in [3.63, 3.8) is 0 Å². The van der Waals surface area contributed by atoms with Gasteiger partial charge in [-0.05, 0) is 36.8 Å². The highest BCUT2D eigenvalue weighted by Gasteiger charge is 2.38. The van der Waals surface area contributed by atoms with Crippen LogP contribution in [-0.4, -0.2) is 36.6 Å². The number of anilines is 2. The molecule has 2 amide bonds. The molecule has 5 rings (SSSR count). The van der Waals surface area contributed by atoms with Gasteiger partial charge in [-0.2, -0.15) is 5.10 Å². The Morgan fingerprint density at radius 3 is 2.56 bits per heavy atom. The van der Waals surface area contributed by atoms with E-state index in [-0.39, 0.29) is 36.3 Å². The summed E-state index contributed by atoms with van der Waals surface area (Å²) >= 11 is 0. The molecule has 32 heavy (non-hydrogen) atoms. The van der Waals surface area contributed by atoms with Crippen molar-refractivity contribution in [2.75, 3.05) is 16.8 Å². The molecule has 3 heterocycles. The third-order valence-electron chi connectivity index (χ3n) is 5.84. The predicted molar refractivity (Wildman–Crippen MR) is 120 cm³/mol. The van der Waals surface area contributed by atoms with Gasteiger partial charge in [0.05, 0.1) is 28.8 Å². The lowest BCUT2D eigenvalue weighted by Gasteiger charge is -2.17. The third kappa shape index (κ3) is 3.69. The molecule has 1 aromatic heterocycles. The van der Waals surface area contributed by atoms with Crippen LogP contribution in [0.25, 0.3) is 5.69 Å². The first-order chi connectivity index (χ1) is 15.3. The Kier molecular flexibility index (Phi) is 4.85. The summed E-state index contributed by atoms with van der Waals surface area (Å²) < 4.78 is 25.9. The predicted octanol–water partition coefficient (Wildman–Crippen LogP) is 2.60. The molecule has 1 saturated heterocycles. The van der Waals surface area contributed by atoms with Gasteiger partial charge in [-0.25, -0.2) is 13.1 Å². The van der Waals surface area contributed by atoms with Crippen LogP contribution in [0.4, 0.5) is 11.5 Å². The molecule has 0 spiro atoms. The zero-order chi connectivity index (χ0) is 22.5. The number of hydrogen-bond donors (Lipinski definition) is 1. The second-order valence-corrected chi connectivity index (χ2v) is 10.4. The van der Waals surface area contributed by atoms with Crippen molar-refractivity contribution in [1.29, 1.82) is 0 Å².